The van der Waals surface area contributed by atoms with Gasteiger partial charge in [-0.05, 0) is 12.5 Å². The summed E-state index contributed by atoms with van der Waals surface area (Å²) in [7, 11) is 0. The summed E-state index contributed by atoms with van der Waals surface area (Å²) in [4.78, 5) is 0. The molecule has 1 rings (SSSR count). The van der Waals surface area contributed by atoms with Crippen molar-refractivity contribution >= 4 is 22.7 Å². The van der Waals surface area contributed by atoms with Crippen LogP contribution in [-0.4, -0.2) is 5.71 Å². The monoisotopic (exact) mass is 199 g/mol. The molecule has 1 aromatic carbocycles. The van der Waals surface area contributed by atoms with E-state index in [1.54, 1.807) is 6.92 Å². The third-order valence-electron chi connectivity index (χ3n) is 1.21. The predicted molar refractivity (Wildman–Crippen MR) is 49.3 cm³/mol. The maximum absolute atomic E-state index is 7.24. The summed E-state index contributed by atoms with van der Waals surface area (Å²) in [5, 5.41) is 7.24. The Labute approximate surface area is 71.4 Å². The van der Waals surface area contributed by atoms with Crippen LogP contribution in [0.2, 0.25) is 0 Å². The van der Waals surface area contributed by atoms with Crippen LogP contribution >= 0.6 is 17.0 Å². The molecule has 10 heavy (non-hydrogen) atoms. The molecule has 0 radical (unpaired) electrons. The lowest BCUT2D eigenvalue weighted by Gasteiger charge is -1.92. The quantitative estimate of drug-likeness (QED) is 0.674. The average molecular weight is 200 g/mol. The zero-order valence-electron chi connectivity index (χ0n) is 5.79. The maximum atomic E-state index is 7.24. The maximum Gasteiger partial charge on any atom is 0.0355 e. The smallest absolute Gasteiger partial charge is 0.0355 e. The lowest BCUT2D eigenvalue weighted by Crippen LogP contribution is -1.88. The highest BCUT2D eigenvalue weighted by Gasteiger charge is 1.88. The lowest BCUT2D eigenvalue weighted by molar-refractivity contribution is 1.46. The summed E-state index contributed by atoms with van der Waals surface area (Å²) in [6.45, 7) is 1.79. The average Bonchev–Trinajstić information content (AvgIpc) is 1.90. The number of benzene rings is 1. The molecule has 0 fully saturated rings. The molecular weight excluding hydrogens is 190 g/mol. The Balaban J connectivity index is 0.000000810. The number of hydrogen-bond acceptors (Lipinski definition) is 1. The molecule has 0 amide bonds. The Hall–Kier alpha value is -0.630. The third-order valence-corrected chi connectivity index (χ3v) is 1.21. The zero-order valence-corrected chi connectivity index (χ0v) is 7.51. The molecule has 0 unspecified atom stereocenters. The fourth-order valence-corrected chi connectivity index (χ4v) is 0.688. The number of halogens is 1. The lowest BCUT2D eigenvalue weighted by atomic mass is 10.1. The summed E-state index contributed by atoms with van der Waals surface area (Å²) in [6, 6.07) is 9.69. The molecule has 2 heteroatoms. The van der Waals surface area contributed by atoms with Gasteiger partial charge in [-0.2, -0.15) is 0 Å². The Bertz CT molecular complexity index is 206. The summed E-state index contributed by atoms with van der Waals surface area (Å²) in [5.41, 5.74) is 1.62. The normalized spacial score (nSPS) is 8.10. The molecule has 0 spiro atoms. The molecule has 0 saturated heterocycles. The van der Waals surface area contributed by atoms with E-state index in [1.807, 2.05) is 30.3 Å². The van der Waals surface area contributed by atoms with Crippen molar-refractivity contribution in [2.45, 2.75) is 6.92 Å². The van der Waals surface area contributed by atoms with Gasteiger partial charge in [0.25, 0.3) is 0 Å². The van der Waals surface area contributed by atoms with Gasteiger partial charge < -0.3 is 5.41 Å². The van der Waals surface area contributed by atoms with Gasteiger partial charge in [0.1, 0.15) is 0 Å². The SMILES string of the molecule is Br.CC(=N)c1ccccc1. The van der Waals surface area contributed by atoms with Crippen LogP contribution in [0.15, 0.2) is 30.3 Å². The second kappa shape index (κ2) is 4.23. The van der Waals surface area contributed by atoms with Gasteiger partial charge in [-0.25, -0.2) is 0 Å². The molecule has 0 aromatic heterocycles. The van der Waals surface area contributed by atoms with Crippen molar-refractivity contribution < 1.29 is 0 Å². The molecular formula is C8H10BrN. The first-order valence-electron chi connectivity index (χ1n) is 2.91. The largest absolute Gasteiger partial charge is 0.305 e. The molecule has 1 nitrogen and oxygen atoms in total. The minimum absolute atomic E-state index is 0. The topological polar surface area (TPSA) is 23.9 Å². The molecule has 0 atom stereocenters. The van der Waals surface area contributed by atoms with Gasteiger partial charge in [0.05, 0.1) is 0 Å². The van der Waals surface area contributed by atoms with Crippen LogP contribution in [0.5, 0.6) is 0 Å². The van der Waals surface area contributed by atoms with Crippen molar-refractivity contribution in [2.24, 2.45) is 0 Å². The van der Waals surface area contributed by atoms with E-state index in [-0.39, 0.29) is 17.0 Å². The second-order valence-corrected chi connectivity index (χ2v) is 1.99. The van der Waals surface area contributed by atoms with Crippen molar-refractivity contribution in [2.75, 3.05) is 0 Å². The first kappa shape index (κ1) is 9.37. The van der Waals surface area contributed by atoms with Crippen molar-refractivity contribution in [1.29, 1.82) is 5.41 Å². The highest BCUT2D eigenvalue weighted by Crippen LogP contribution is 1.97. The van der Waals surface area contributed by atoms with Crippen LogP contribution in [0.4, 0.5) is 0 Å². The summed E-state index contributed by atoms with van der Waals surface area (Å²) >= 11 is 0. The summed E-state index contributed by atoms with van der Waals surface area (Å²) < 4.78 is 0. The molecule has 0 saturated carbocycles. The van der Waals surface area contributed by atoms with Crippen LogP contribution in [-0.2, 0) is 0 Å². The minimum Gasteiger partial charge on any atom is -0.305 e. The van der Waals surface area contributed by atoms with E-state index in [4.69, 9.17) is 5.41 Å². The van der Waals surface area contributed by atoms with Crippen LogP contribution < -0.4 is 0 Å². The van der Waals surface area contributed by atoms with E-state index in [0.29, 0.717) is 5.71 Å². The van der Waals surface area contributed by atoms with E-state index < -0.39 is 0 Å². The van der Waals surface area contributed by atoms with Crippen LogP contribution in [0.3, 0.4) is 0 Å². The van der Waals surface area contributed by atoms with E-state index in [2.05, 4.69) is 0 Å². The predicted octanol–water partition coefficient (Wildman–Crippen LogP) is 2.65. The molecule has 0 aliphatic carbocycles. The van der Waals surface area contributed by atoms with Gasteiger partial charge in [0.15, 0.2) is 0 Å². The van der Waals surface area contributed by atoms with Gasteiger partial charge in [0.2, 0.25) is 0 Å². The summed E-state index contributed by atoms with van der Waals surface area (Å²) in [6.07, 6.45) is 0. The number of rotatable bonds is 1. The van der Waals surface area contributed by atoms with Crippen molar-refractivity contribution in [3.05, 3.63) is 35.9 Å². The Morgan fingerprint density at radius 3 is 2.00 bits per heavy atom. The van der Waals surface area contributed by atoms with Crippen LogP contribution in [0, 0.1) is 5.41 Å². The van der Waals surface area contributed by atoms with E-state index in [9.17, 15) is 0 Å². The molecule has 1 aromatic rings. The van der Waals surface area contributed by atoms with Crippen molar-refractivity contribution in [3.8, 4) is 0 Å². The van der Waals surface area contributed by atoms with E-state index in [0.717, 1.165) is 5.56 Å². The molecule has 0 aliphatic rings. The van der Waals surface area contributed by atoms with Gasteiger partial charge >= 0.3 is 0 Å². The van der Waals surface area contributed by atoms with Crippen molar-refractivity contribution in [1.82, 2.24) is 0 Å². The number of hydrogen-bond donors (Lipinski definition) is 1. The number of nitrogens with one attached hydrogen (secondary N) is 1. The first-order chi connectivity index (χ1) is 4.30. The van der Waals surface area contributed by atoms with Gasteiger partial charge in [-0.3, -0.25) is 0 Å². The van der Waals surface area contributed by atoms with Crippen LogP contribution in [0.25, 0.3) is 0 Å². The minimum atomic E-state index is 0. The highest BCUT2D eigenvalue weighted by atomic mass is 79.9. The van der Waals surface area contributed by atoms with Crippen molar-refractivity contribution in [3.63, 3.8) is 0 Å². The summed E-state index contributed by atoms with van der Waals surface area (Å²) in [5.74, 6) is 0. The molecule has 0 heterocycles. The third kappa shape index (κ3) is 2.31. The van der Waals surface area contributed by atoms with E-state index in [1.165, 1.54) is 0 Å². The molecule has 54 valence electrons. The molecule has 0 bridgehead atoms. The zero-order chi connectivity index (χ0) is 6.69. The second-order valence-electron chi connectivity index (χ2n) is 1.99. The standard InChI is InChI=1S/C8H9N.BrH/c1-7(9)8-5-3-2-4-6-8;/h2-6,9H,1H3;1H. The Kier molecular flexibility index (Phi) is 3.96. The molecule has 1 N–H and O–H groups in total. The Morgan fingerprint density at radius 1 is 1.20 bits per heavy atom. The van der Waals surface area contributed by atoms with Gasteiger partial charge in [-0.15, -0.1) is 17.0 Å². The van der Waals surface area contributed by atoms with Crippen LogP contribution in [0.1, 0.15) is 12.5 Å². The Morgan fingerprint density at radius 2 is 1.70 bits per heavy atom. The fourth-order valence-electron chi connectivity index (χ4n) is 0.688. The van der Waals surface area contributed by atoms with Gasteiger partial charge in [-0.1, -0.05) is 30.3 Å². The fraction of sp³-hybridized carbons (Fsp3) is 0.125. The molecule has 0 aliphatic heterocycles. The first-order valence-corrected chi connectivity index (χ1v) is 2.91. The van der Waals surface area contributed by atoms with Gasteiger partial charge in [0, 0.05) is 5.71 Å². The van der Waals surface area contributed by atoms with E-state index >= 15 is 0 Å². The highest BCUT2D eigenvalue weighted by molar-refractivity contribution is 8.93.